The van der Waals surface area contributed by atoms with E-state index in [-0.39, 0.29) is 5.91 Å². The first kappa shape index (κ1) is 8.91. The lowest BCUT2D eigenvalue weighted by atomic mass is 9.77. The molecule has 1 N–H and O–H groups in total. The number of carbonyl (C=O) groups excluding carboxylic acids is 1. The lowest BCUT2D eigenvalue weighted by Crippen LogP contribution is -2.38. The van der Waals surface area contributed by atoms with Crippen LogP contribution in [0.4, 0.5) is 0 Å². The van der Waals surface area contributed by atoms with Gasteiger partial charge in [-0.25, -0.2) is 0 Å². The van der Waals surface area contributed by atoms with E-state index in [1.54, 1.807) is 18.0 Å². The van der Waals surface area contributed by atoms with Crippen molar-refractivity contribution < 1.29 is 19.4 Å². The van der Waals surface area contributed by atoms with Crippen molar-refractivity contribution in [2.75, 3.05) is 13.6 Å². The van der Waals surface area contributed by atoms with Crippen LogP contribution in [0.5, 0.6) is 0 Å². The number of aliphatic carboxylic acids is 1. The average molecular weight is 209 g/mol. The maximum absolute atomic E-state index is 11.8. The molecule has 0 radical (unpaired) electrons. The molecule has 0 aromatic rings. The molecule has 0 saturated carbocycles. The molecule has 80 valence electrons. The SMILES string of the molecule is CN1C[C@]23C=C[C@H](O2)[C@H](C(=O)O)[C@@H]3C1=O. The van der Waals surface area contributed by atoms with Crippen LogP contribution in [0.15, 0.2) is 12.2 Å². The number of amides is 1. The highest BCUT2D eigenvalue weighted by molar-refractivity contribution is 5.90. The molecule has 3 aliphatic rings. The standard InChI is InChI=1S/C10H11NO4/c1-11-4-10-3-2-5(15-10)6(9(13)14)7(10)8(11)12/h2-3,5-7H,4H2,1H3,(H,13,14)/t5-,6-,7+,10-/m0/s1. The van der Waals surface area contributed by atoms with Crippen molar-refractivity contribution in [3.63, 3.8) is 0 Å². The summed E-state index contributed by atoms with van der Waals surface area (Å²) in [5, 5.41) is 9.10. The fourth-order valence-corrected chi connectivity index (χ4v) is 2.97. The maximum atomic E-state index is 11.8. The number of rotatable bonds is 1. The lowest BCUT2D eigenvalue weighted by molar-refractivity contribution is -0.147. The van der Waals surface area contributed by atoms with Gasteiger partial charge in [-0.3, -0.25) is 9.59 Å². The summed E-state index contributed by atoms with van der Waals surface area (Å²) in [6, 6.07) is 0. The van der Waals surface area contributed by atoms with Gasteiger partial charge < -0.3 is 14.7 Å². The molecule has 1 amide bonds. The Labute approximate surface area is 86.3 Å². The molecule has 5 heteroatoms. The van der Waals surface area contributed by atoms with E-state index in [1.165, 1.54) is 0 Å². The van der Waals surface area contributed by atoms with Crippen LogP contribution in [-0.4, -0.2) is 47.2 Å². The van der Waals surface area contributed by atoms with Crippen molar-refractivity contribution >= 4 is 11.9 Å². The van der Waals surface area contributed by atoms with Gasteiger partial charge in [-0.2, -0.15) is 0 Å². The van der Waals surface area contributed by atoms with Crippen LogP contribution in [-0.2, 0) is 14.3 Å². The van der Waals surface area contributed by atoms with Gasteiger partial charge >= 0.3 is 5.97 Å². The van der Waals surface area contributed by atoms with E-state index in [0.29, 0.717) is 6.54 Å². The first-order valence-electron chi connectivity index (χ1n) is 4.90. The van der Waals surface area contributed by atoms with Gasteiger partial charge in [-0.15, -0.1) is 0 Å². The summed E-state index contributed by atoms with van der Waals surface area (Å²) in [6.07, 6.45) is 3.19. The molecule has 5 nitrogen and oxygen atoms in total. The molecule has 0 unspecified atom stereocenters. The number of fused-ring (bicyclic) bond motifs is 1. The van der Waals surface area contributed by atoms with Gasteiger partial charge in [0.15, 0.2) is 0 Å². The average Bonchev–Trinajstić information content (AvgIpc) is 2.75. The Kier molecular flexibility index (Phi) is 1.43. The predicted octanol–water partition coefficient (Wildman–Crippen LogP) is -0.517. The van der Waals surface area contributed by atoms with Gasteiger partial charge in [0, 0.05) is 7.05 Å². The summed E-state index contributed by atoms with van der Waals surface area (Å²) < 4.78 is 5.64. The zero-order valence-corrected chi connectivity index (χ0v) is 8.21. The van der Waals surface area contributed by atoms with Gasteiger partial charge in [-0.05, 0) is 0 Å². The number of nitrogens with zero attached hydrogens (tertiary/aromatic N) is 1. The predicted molar refractivity (Wildman–Crippen MR) is 49.0 cm³/mol. The zero-order chi connectivity index (χ0) is 10.8. The number of hydrogen-bond donors (Lipinski definition) is 1. The third-order valence-electron chi connectivity index (χ3n) is 3.57. The molecule has 2 saturated heterocycles. The molecule has 3 rings (SSSR count). The first-order valence-corrected chi connectivity index (χ1v) is 4.90. The molecule has 0 aromatic heterocycles. The minimum Gasteiger partial charge on any atom is -0.481 e. The van der Waals surface area contributed by atoms with Crippen molar-refractivity contribution in [3.05, 3.63) is 12.2 Å². The van der Waals surface area contributed by atoms with E-state index in [4.69, 9.17) is 9.84 Å². The van der Waals surface area contributed by atoms with Gasteiger partial charge in [0.2, 0.25) is 5.91 Å². The Balaban J connectivity index is 2.08. The van der Waals surface area contributed by atoms with E-state index in [9.17, 15) is 9.59 Å². The Bertz CT molecular complexity index is 391. The Morgan fingerprint density at radius 3 is 3.13 bits per heavy atom. The fraction of sp³-hybridized carbons (Fsp3) is 0.600. The fourth-order valence-electron chi connectivity index (χ4n) is 2.97. The van der Waals surface area contributed by atoms with Gasteiger partial charge in [0.25, 0.3) is 0 Å². The van der Waals surface area contributed by atoms with Crippen LogP contribution >= 0.6 is 0 Å². The summed E-state index contributed by atoms with van der Waals surface area (Å²) in [6.45, 7) is 0.466. The number of carboxylic acid groups (broad SMARTS) is 1. The van der Waals surface area contributed by atoms with Crippen molar-refractivity contribution in [3.8, 4) is 0 Å². The highest BCUT2D eigenvalue weighted by Crippen LogP contribution is 2.51. The number of carbonyl (C=O) groups is 2. The maximum Gasteiger partial charge on any atom is 0.310 e. The van der Waals surface area contributed by atoms with Crippen LogP contribution in [0.25, 0.3) is 0 Å². The third-order valence-corrected chi connectivity index (χ3v) is 3.57. The molecule has 15 heavy (non-hydrogen) atoms. The van der Waals surface area contributed by atoms with Crippen molar-refractivity contribution in [2.24, 2.45) is 11.8 Å². The summed E-state index contributed by atoms with van der Waals surface area (Å²) >= 11 is 0. The Morgan fingerprint density at radius 1 is 1.73 bits per heavy atom. The van der Waals surface area contributed by atoms with Crippen LogP contribution < -0.4 is 0 Å². The smallest absolute Gasteiger partial charge is 0.310 e. The van der Waals surface area contributed by atoms with E-state index in [0.717, 1.165) is 0 Å². The number of likely N-dealkylation sites (N-methyl/N-ethyl adjacent to an activating group) is 1. The lowest BCUT2D eigenvalue weighted by Gasteiger charge is -2.21. The van der Waals surface area contributed by atoms with Crippen LogP contribution in [0, 0.1) is 11.8 Å². The van der Waals surface area contributed by atoms with Crippen LogP contribution in [0.3, 0.4) is 0 Å². The normalized spacial score (nSPS) is 46.3. The Morgan fingerprint density at radius 2 is 2.47 bits per heavy atom. The Hall–Kier alpha value is -1.36. The summed E-state index contributed by atoms with van der Waals surface area (Å²) in [7, 11) is 1.68. The molecule has 0 aromatic carbocycles. The summed E-state index contributed by atoms with van der Waals surface area (Å²) in [5.41, 5.74) is -0.667. The largest absolute Gasteiger partial charge is 0.481 e. The quantitative estimate of drug-likeness (QED) is 0.590. The summed E-state index contributed by atoms with van der Waals surface area (Å²) in [5.74, 6) is -2.31. The highest BCUT2D eigenvalue weighted by atomic mass is 16.5. The minimum atomic E-state index is -0.945. The highest BCUT2D eigenvalue weighted by Gasteiger charge is 2.66. The van der Waals surface area contributed by atoms with Gasteiger partial charge in [0.1, 0.15) is 11.5 Å². The van der Waals surface area contributed by atoms with Crippen molar-refractivity contribution in [1.82, 2.24) is 4.90 Å². The molecule has 3 heterocycles. The van der Waals surface area contributed by atoms with Crippen LogP contribution in [0.2, 0.25) is 0 Å². The number of hydrogen-bond acceptors (Lipinski definition) is 3. The molecule has 2 bridgehead atoms. The van der Waals surface area contributed by atoms with E-state index < -0.39 is 29.5 Å². The van der Waals surface area contributed by atoms with Crippen molar-refractivity contribution in [2.45, 2.75) is 11.7 Å². The first-order chi connectivity index (χ1) is 7.05. The van der Waals surface area contributed by atoms with Crippen LogP contribution in [0.1, 0.15) is 0 Å². The number of likely N-dealkylation sites (tertiary alicyclic amines) is 1. The molecular formula is C10H11NO4. The molecular weight excluding hydrogens is 198 g/mol. The minimum absolute atomic E-state index is 0.116. The van der Waals surface area contributed by atoms with Gasteiger partial charge in [0.05, 0.1) is 18.6 Å². The topological polar surface area (TPSA) is 66.8 Å². The molecule has 4 atom stereocenters. The number of carboxylic acids is 1. The van der Waals surface area contributed by atoms with E-state index >= 15 is 0 Å². The third kappa shape index (κ3) is 0.866. The van der Waals surface area contributed by atoms with E-state index in [2.05, 4.69) is 0 Å². The van der Waals surface area contributed by atoms with Crippen molar-refractivity contribution in [1.29, 1.82) is 0 Å². The van der Waals surface area contributed by atoms with E-state index in [1.807, 2.05) is 6.08 Å². The zero-order valence-electron chi connectivity index (χ0n) is 8.21. The molecule has 0 aliphatic carbocycles. The second-order valence-electron chi connectivity index (χ2n) is 4.43. The second kappa shape index (κ2) is 2.41. The monoisotopic (exact) mass is 209 g/mol. The molecule has 1 spiro atoms. The second-order valence-corrected chi connectivity index (χ2v) is 4.43. The molecule has 3 aliphatic heterocycles. The summed E-state index contributed by atoms with van der Waals surface area (Å²) in [4.78, 5) is 24.5. The molecule has 2 fully saturated rings. The van der Waals surface area contributed by atoms with Gasteiger partial charge in [-0.1, -0.05) is 12.2 Å². The number of ether oxygens (including phenoxy) is 1.